The minimum absolute atomic E-state index is 0.222. The number of hydrogen-bond acceptors (Lipinski definition) is 4. The van der Waals surface area contributed by atoms with Gasteiger partial charge in [-0.15, -0.1) is 11.8 Å². The number of aryl methyl sites for hydroxylation is 2. The van der Waals surface area contributed by atoms with Crippen LogP contribution < -0.4 is 5.32 Å². The van der Waals surface area contributed by atoms with E-state index in [-0.39, 0.29) is 12.1 Å². The molecule has 2 atom stereocenters. The molecular weight excluding hydrogens is 290 g/mol. The maximum absolute atomic E-state index is 4.45. The van der Waals surface area contributed by atoms with Crippen molar-refractivity contribution >= 4 is 11.8 Å². The average molecular weight is 315 g/mol. The maximum Gasteiger partial charge on any atom is 0.125 e. The molecule has 0 saturated heterocycles. The largest absolute Gasteiger partial charge is 0.304 e. The third-order valence-electron chi connectivity index (χ3n) is 3.80. The zero-order valence-corrected chi connectivity index (χ0v) is 14.9. The Balaban J connectivity index is 2.05. The minimum Gasteiger partial charge on any atom is -0.304 e. The van der Waals surface area contributed by atoms with Gasteiger partial charge in [0, 0.05) is 34.4 Å². The molecule has 0 aliphatic heterocycles. The van der Waals surface area contributed by atoms with E-state index in [0.29, 0.717) is 0 Å². The summed E-state index contributed by atoms with van der Waals surface area (Å²) in [5.74, 6) is 1.93. The summed E-state index contributed by atoms with van der Waals surface area (Å²) in [7, 11) is 0. The molecule has 1 aromatic carbocycles. The molecule has 22 heavy (non-hydrogen) atoms. The lowest BCUT2D eigenvalue weighted by atomic mass is 10.0. The van der Waals surface area contributed by atoms with E-state index in [0.717, 1.165) is 22.8 Å². The van der Waals surface area contributed by atoms with E-state index in [2.05, 4.69) is 60.3 Å². The van der Waals surface area contributed by atoms with Crippen molar-refractivity contribution in [3.8, 4) is 0 Å². The Morgan fingerprint density at radius 3 is 2.36 bits per heavy atom. The van der Waals surface area contributed by atoms with E-state index >= 15 is 0 Å². The second-order valence-electron chi connectivity index (χ2n) is 5.57. The summed E-state index contributed by atoms with van der Waals surface area (Å²) in [5, 5.41) is 3.64. The van der Waals surface area contributed by atoms with Crippen molar-refractivity contribution in [3.63, 3.8) is 0 Å². The summed E-state index contributed by atoms with van der Waals surface area (Å²) < 4.78 is 0. The Bertz CT molecular complexity index is 610. The average Bonchev–Trinajstić information content (AvgIpc) is 2.48. The van der Waals surface area contributed by atoms with Gasteiger partial charge in [-0.2, -0.15) is 0 Å². The van der Waals surface area contributed by atoms with Crippen molar-refractivity contribution in [3.05, 3.63) is 53.1 Å². The molecule has 0 aliphatic carbocycles. The third kappa shape index (κ3) is 4.31. The smallest absolute Gasteiger partial charge is 0.125 e. The zero-order valence-electron chi connectivity index (χ0n) is 14.1. The molecular formula is C18H25N3S. The third-order valence-corrected chi connectivity index (χ3v) is 4.69. The number of nitrogens with zero attached hydrogens (tertiary/aromatic N) is 2. The van der Waals surface area contributed by atoms with Crippen molar-refractivity contribution in [2.45, 2.75) is 51.6 Å². The normalized spacial score (nSPS) is 13.9. The van der Waals surface area contributed by atoms with Gasteiger partial charge >= 0.3 is 0 Å². The van der Waals surface area contributed by atoms with Gasteiger partial charge in [-0.3, -0.25) is 0 Å². The Kier molecular flexibility index (Phi) is 5.98. The minimum atomic E-state index is 0.222. The number of benzene rings is 1. The van der Waals surface area contributed by atoms with Crippen LogP contribution in [-0.4, -0.2) is 15.7 Å². The van der Waals surface area contributed by atoms with Crippen molar-refractivity contribution in [1.29, 1.82) is 0 Å². The molecule has 2 aromatic rings. The fraction of sp³-hybridized carbons (Fsp3) is 0.444. The molecule has 2 rings (SSSR count). The highest BCUT2D eigenvalue weighted by Crippen LogP contribution is 2.23. The second kappa shape index (κ2) is 7.75. The van der Waals surface area contributed by atoms with Gasteiger partial charge in [0.25, 0.3) is 0 Å². The van der Waals surface area contributed by atoms with Crippen molar-refractivity contribution < 1.29 is 0 Å². The van der Waals surface area contributed by atoms with Gasteiger partial charge in [-0.05, 0) is 51.1 Å². The first-order valence-corrected chi connectivity index (χ1v) is 8.78. The predicted molar refractivity (Wildman–Crippen MR) is 94.3 cm³/mol. The highest BCUT2D eigenvalue weighted by atomic mass is 32.2. The predicted octanol–water partition coefficient (Wildman–Crippen LogP) is 4.62. The lowest BCUT2D eigenvalue weighted by Crippen LogP contribution is -2.23. The quantitative estimate of drug-likeness (QED) is 0.790. The first-order valence-electron chi connectivity index (χ1n) is 7.80. The van der Waals surface area contributed by atoms with Crippen LogP contribution >= 0.6 is 11.8 Å². The van der Waals surface area contributed by atoms with E-state index in [1.54, 1.807) is 0 Å². The van der Waals surface area contributed by atoms with Crippen LogP contribution in [0.25, 0.3) is 0 Å². The van der Waals surface area contributed by atoms with Crippen LogP contribution in [0.4, 0.5) is 0 Å². The topological polar surface area (TPSA) is 37.8 Å². The van der Waals surface area contributed by atoms with E-state index in [1.165, 1.54) is 10.5 Å². The number of rotatable bonds is 6. The first kappa shape index (κ1) is 17.0. The molecule has 1 aromatic heterocycles. The molecule has 1 heterocycles. The summed E-state index contributed by atoms with van der Waals surface area (Å²) >= 11 is 1.87. The molecule has 0 bridgehead atoms. The highest BCUT2D eigenvalue weighted by Gasteiger charge is 2.14. The molecule has 0 aliphatic rings. The Hall–Kier alpha value is -1.39. The maximum atomic E-state index is 4.45. The summed E-state index contributed by atoms with van der Waals surface area (Å²) in [6, 6.07) is 9.33. The van der Waals surface area contributed by atoms with E-state index in [4.69, 9.17) is 0 Å². The van der Waals surface area contributed by atoms with Crippen LogP contribution in [0.15, 0.2) is 35.4 Å². The van der Waals surface area contributed by atoms with Gasteiger partial charge in [0.2, 0.25) is 0 Å². The van der Waals surface area contributed by atoms with Crippen LogP contribution in [0.2, 0.25) is 0 Å². The van der Waals surface area contributed by atoms with Crippen LogP contribution in [0.3, 0.4) is 0 Å². The van der Waals surface area contributed by atoms with Gasteiger partial charge in [-0.25, -0.2) is 9.97 Å². The van der Waals surface area contributed by atoms with Gasteiger partial charge in [-0.1, -0.05) is 19.1 Å². The van der Waals surface area contributed by atoms with Crippen LogP contribution in [0.5, 0.6) is 0 Å². The molecule has 118 valence electrons. The number of nitrogens with one attached hydrogen (secondary N) is 1. The standard InChI is InChI=1S/C18H25N3S/c1-6-22-17-9-7-16(8-10-17)12(2)20-13(3)18-11-19-15(5)21-14(18)4/h7-13,20H,6H2,1-5H3/t12-,13+/m1/s1. The van der Waals surface area contributed by atoms with Crippen molar-refractivity contribution in [2.75, 3.05) is 5.75 Å². The Morgan fingerprint density at radius 1 is 1.09 bits per heavy atom. The number of aromatic nitrogens is 2. The van der Waals surface area contributed by atoms with Crippen LogP contribution in [-0.2, 0) is 0 Å². The number of hydrogen-bond donors (Lipinski definition) is 1. The lowest BCUT2D eigenvalue weighted by molar-refractivity contribution is 0.490. The number of thioether (sulfide) groups is 1. The van der Waals surface area contributed by atoms with Gasteiger partial charge in [0.15, 0.2) is 0 Å². The summed E-state index contributed by atoms with van der Waals surface area (Å²) in [4.78, 5) is 10.1. The molecule has 0 fully saturated rings. The molecule has 0 radical (unpaired) electrons. The molecule has 0 amide bonds. The van der Waals surface area contributed by atoms with Crippen LogP contribution in [0.1, 0.15) is 55.5 Å². The van der Waals surface area contributed by atoms with E-state index < -0.39 is 0 Å². The lowest BCUT2D eigenvalue weighted by Gasteiger charge is -2.21. The molecule has 0 saturated carbocycles. The fourth-order valence-electron chi connectivity index (χ4n) is 2.60. The SMILES string of the molecule is CCSc1ccc([C@@H](C)N[C@@H](C)c2cnc(C)nc2C)cc1. The second-order valence-corrected chi connectivity index (χ2v) is 6.91. The molecule has 1 N–H and O–H groups in total. The molecule has 0 spiro atoms. The zero-order chi connectivity index (χ0) is 16.1. The van der Waals surface area contributed by atoms with Gasteiger partial charge in [0.05, 0.1) is 0 Å². The van der Waals surface area contributed by atoms with E-state index in [1.807, 2.05) is 31.8 Å². The highest BCUT2D eigenvalue weighted by molar-refractivity contribution is 7.99. The Labute approximate surface area is 138 Å². The monoisotopic (exact) mass is 315 g/mol. The Morgan fingerprint density at radius 2 is 1.77 bits per heavy atom. The van der Waals surface area contributed by atoms with Crippen LogP contribution in [0, 0.1) is 13.8 Å². The first-order chi connectivity index (χ1) is 10.5. The van der Waals surface area contributed by atoms with E-state index in [9.17, 15) is 0 Å². The molecule has 3 nitrogen and oxygen atoms in total. The molecule has 4 heteroatoms. The summed E-state index contributed by atoms with van der Waals surface area (Å²) in [5.41, 5.74) is 3.52. The molecule has 0 unspecified atom stereocenters. The van der Waals surface area contributed by atoms with Crippen molar-refractivity contribution in [1.82, 2.24) is 15.3 Å². The van der Waals surface area contributed by atoms with Gasteiger partial charge < -0.3 is 5.32 Å². The summed E-state index contributed by atoms with van der Waals surface area (Å²) in [6.45, 7) is 10.5. The van der Waals surface area contributed by atoms with Gasteiger partial charge in [0.1, 0.15) is 5.82 Å². The van der Waals surface area contributed by atoms with Crippen molar-refractivity contribution in [2.24, 2.45) is 0 Å². The fourth-order valence-corrected chi connectivity index (χ4v) is 3.26. The summed E-state index contributed by atoms with van der Waals surface area (Å²) in [6.07, 6.45) is 1.93.